The maximum absolute atomic E-state index is 13.7. The summed E-state index contributed by atoms with van der Waals surface area (Å²) in [4.78, 5) is 40.5. The molecule has 9 heteroatoms. The summed E-state index contributed by atoms with van der Waals surface area (Å²) >= 11 is 1.88. The maximum atomic E-state index is 13.7. The minimum absolute atomic E-state index is 0.0651. The fraction of sp³-hybridized carbons (Fsp3) is 0.483. The Morgan fingerprint density at radius 3 is 2.18 bits per heavy atom. The van der Waals surface area contributed by atoms with Gasteiger partial charge in [0.15, 0.2) is 0 Å². The van der Waals surface area contributed by atoms with E-state index in [1.54, 1.807) is 4.90 Å². The van der Waals surface area contributed by atoms with Crippen LogP contribution in [0.2, 0.25) is 0 Å². The Morgan fingerprint density at radius 1 is 1.00 bits per heavy atom. The Morgan fingerprint density at radius 2 is 1.61 bits per heavy atom. The lowest BCUT2D eigenvalue weighted by Crippen LogP contribution is -2.53. The first-order chi connectivity index (χ1) is 18.4. The first-order valence-electron chi connectivity index (χ1n) is 13.3. The van der Waals surface area contributed by atoms with Crippen molar-refractivity contribution in [1.29, 1.82) is 0 Å². The molecule has 2 aliphatic carbocycles. The molecule has 1 fully saturated rings. The lowest BCUT2D eigenvalue weighted by Gasteiger charge is -2.32. The zero-order valence-electron chi connectivity index (χ0n) is 21.9. The van der Waals surface area contributed by atoms with Crippen molar-refractivity contribution < 1.29 is 23.3 Å². The Balaban J connectivity index is 1.43. The average Bonchev–Trinajstić information content (AvgIpc) is 3.24. The zero-order valence-corrected chi connectivity index (χ0v) is 24.8. The number of benzene rings is 2. The number of amides is 2. The van der Waals surface area contributed by atoms with E-state index in [0.717, 1.165) is 57.2 Å². The summed E-state index contributed by atoms with van der Waals surface area (Å²) in [5.41, 5.74) is 4.57. The standard InChI is InChI=1S/C29H35IN2O5S/c1-19(2)27(28(34)32(17-26(33)37-38-30)16-20-10-4-3-5-11-20)31-29(35)36-18-25-23-14-8-6-12-21(23)22-13-7-9-15-24(22)25/h6-9,12-15,19-20,25,27H,3-5,10-11,16-18H2,1-2H3,(H,31,35). The number of hydrogen-bond donors (Lipinski definition) is 1. The van der Waals surface area contributed by atoms with E-state index >= 15 is 0 Å². The minimum Gasteiger partial charge on any atom is -0.449 e. The number of alkyl carbamates (subject to hydrolysis) is 1. The van der Waals surface area contributed by atoms with E-state index in [1.807, 2.05) is 59.3 Å². The van der Waals surface area contributed by atoms with Gasteiger partial charge >= 0.3 is 12.1 Å². The monoisotopic (exact) mass is 650 g/mol. The van der Waals surface area contributed by atoms with Crippen molar-refractivity contribution in [3.8, 4) is 11.1 Å². The summed E-state index contributed by atoms with van der Waals surface area (Å²) < 4.78 is 10.7. The number of halogens is 1. The summed E-state index contributed by atoms with van der Waals surface area (Å²) in [6, 6.07) is 15.5. The van der Waals surface area contributed by atoms with Gasteiger partial charge in [-0.05, 0) is 46.9 Å². The van der Waals surface area contributed by atoms with Gasteiger partial charge in [0.05, 0.1) is 0 Å². The van der Waals surface area contributed by atoms with Gasteiger partial charge in [0.2, 0.25) is 5.91 Å². The maximum Gasteiger partial charge on any atom is 0.407 e. The van der Waals surface area contributed by atoms with E-state index in [-0.39, 0.29) is 30.9 Å². The molecule has 0 aromatic heterocycles. The summed E-state index contributed by atoms with van der Waals surface area (Å²) in [5.74, 6) is -0.668. The first kappa shape index (κ1) is 28.7. The van der Waals surface area contributed by atoms with Gasteiger partial charge in [-0.2, -0.15) is 0 Å². The molecule has 2 aliphatic rings. The topological polar surface area (TPSA) is 84.9 Å². The highest BCUT2D eigenvalue weighted by Gasteiger charge is 2.33. The first-order valence-corrected chi connectivity index (χ1v) is 16.6. The van der Waals surface area contributed by atoms with Crippen molar-refractivity contribution in [1.82, 2.24) is 10.2 Å². The van der Waals surface area contributed by atoms with E-state index in [2.05, 4.69) is 29.6 Å². The van der Waals surface area contributed by atoms with Crippen molar-refractivity contribution in [2.45, 2.75) is 57.9 Å². The van der Waals surface area contributed by atoms with Crippen LogP contribution < -0.4 is 5.32 Å². The van der Waals surface area contributed by atoms with Gasteiger partial charge in [0.25, 0.3) is 0 Å². The molecule has 1 unspecified atom stereocenters. The molecule has 1 saturated carbocycles. The molecule has 0 radical (unpaired) electrons. The van der Waals surface area contributed by atoms with Crippen molar-refractivity contribution >= 4 is 48.4 Å². The van der Waals surface area contributed by atoms with Gasteiger partial charge in [0, 0.05) is 33.7 Å². The molecule has 1 atom stereocenters. The molecule has 38 heavy (non-hydrogen) atoms. The molecule has 7 nitrogen and oxygen atoms in total. The fourth-order valence-electron chi connectivity index (χ4n) is 5.61. The number of ether oxygens (including phenoxy) is 1. The number of fused-ring (bicyclic) bond motifs is 3. The van der Waals surface area contributed by atoms with Crippen LogP contribution in [0.3, 0.4) is 0 Å². The lowest BCUT2D eigenvalue weighted by atomic mass is 9.88. The van der Waals surface area contributed by atoms with Crippen LogP contribution >= 0.6 is 30.4 Å². The van der Waals surface area contributed by atoms with Gasteiger partial charge < -0.3 is 19.1 Å². The molecule has 204 valence electrons. The van der Waals surface area contributed by atoms with E-state index in [9.17, 15) is 14.4 Å². The second-order valence-electron chi connectivity index (χ2n) is 10.4. The van der Waals surface area contributed by atoms with Crippen LogP contribution in [-0.4, -0.2) is 48.6 Å². The van der Waals surface area contributed by atoms with E-state index in [0.29, 0.717) is 12.5 Å². The van der Waals surface area contributed by atoms with Gasteiger partial charge in [-0.25, -0.2) is 9.59 Å². The van der Waals surface area contributed by atoms with E-state index < -0.39 is 18.1 Å². The molecule has 0 aliphatic heterocycles. The minimum atomic E-state index is -0.811. The van der Waals surface area contributed by atoms with Crippen LogP contribution in [-0.2, 0) is 18.5 Å². The Bertz CT molecular complexity index is 1090. The highest BCUT2D eigenvalue weighted by Crippen LogP contribution is 2.44. The third-order valence-corrected chi connectivity index (χ3v) is 8.30. The summed E-state index contributed by atoms with van der Waals surface area (Å²) in [5, 5.41) is 2.80. The molecule has 0 bridgehead atoms. The quantitative estimate of drug-likeness (QED) is 0.234. The van der Waals surface area contributed by atoms with Crippen molar-refractivity contribution in [3.05, 3.63) is 59.7 Å². The third-order valence-electron chi connectivity index (χ3n) is 7.51. The zero-order chi connectivity index (χ0) is 27.1. The van der Waals surface area contributed by atoms with Gasteiger partial charge in [-0.15, -0.1) is 0 Å². The molecule has 1 N–H and O–H groups in total. The van der Waals surface area contributed by atoms with Crippen LogP contribution in [0.15, 0.2) is 48.5 Å². The number of nitrogens with one attached hydrogen (secondary N) is 1. The largest absolute Gasteiger partial charge is 0.449 e. The highest BCUT2D eigenvalue weighted by atomic mass is 127. The number of carbonyl (C=O) groups excluding carboxylic acids is 3. The molecule has 0 saturated heterocycles. The number of carbonyl (C=O) groups is 3. The molecule has 0 spiro atoms. The Kier molecular flexibility index (Phi) is 10.3. The third kappa shape index (κ3) is 7.02. The van der Waals surface area contributed by atoms with Crippen LogP contribution in [0, 0.1) is 11.8 Å². The van der Waals surface area contributed by atoms with Crippen LogP contribution in [0.5, 0.6) is 0 Å². The molecule has 2 aromatic carbocycles. The van der Waals surface area contributed by atoms with E-state index in [4.69, 9.17) is 8.92 Å². The molecule has 2 amide bonds. The SMILES string of the molecule is CC(C)C(NC(=O)OCC1c2ccccc2-c2ccccc21)C(=O)N(CC(=O)OSI)CC1CCCCC1. The lowest BCUT2D eigenvalue weighted by molar-refractivity contribution is -0.144. The van der Waals surface area contributed by atoms with Gasteiger partial charge in [0.1, 0.15) is 28.4 Å². The smallest absolute Gasteiger partial charge is 0.407 e. The van der Waals surface area contributed by atoms with Crippen molar-refractivity contribution in [2.75, 3.05) is 19.7 Å². The van der Waals surface area contributed by atoms with Gasteiger partial charge in [-0.3, -0.25) is 4.79 Å². The normalized spacial score (nSPS) is 15.9. The van der Waals surface area contributed by atoms with Crippen LogP contribution in [0.25, 0.3) is 11.1 Å². The molecule has 2 aromatic rings. The molecular formula is C29H35IN2O5S. The second-order valence-corrected chi connectivity index (χ2v) is 11.8. The fourth-order valence-corrected chi connectivity index (χ4v) is 6.33. The van der Waals surface area contributed by atoms with E-state index in [1.165, 1.54) is 6.42 Å². The molecule has 4 rings (SSSR count). The highest BCUT2D eigenvalue weighted by molar-refractivity contribution is 14.2. The predicted molar refractivity (Wildman–Crippen MR) is 158 cm³/mol. The number of rotatable bonds is 10. The molecule has 0 heterocycles. The summed E-state index contributed by atoms with van der Waals surface area (Å²) in [7, 11) is 0.937. The van der Waals surface area contributed by atoms with Crippen molar-refractivity contribution in [2.24, 2.45) is 11.8 Å². The second kappa shape index (κ2) is 13.7. The van der Waals surface area contributed by atoms with Crippen molar-refractivity contribution in [3.63, 3.8) is 0 Å². The van der Waals surface area contributed by atoms with Gasteiger partial charge in [-0.1, -0.05) is 81.6 Å². The summed E-state index contributed by atoms with van der Waals surface area (Å²) in [6.45, 7) is 4.27. The average molecular weight is 651 g/mol. The number of nitrogens with zero attached hydrogens (tertiary/aromatic N) is 1. The Labute approximate surface area is 241 Å². The predicted octanol–water partition coefficient (Wildman–Crippen LogP) is 6.50. The Hall–Kier alpha value is -2.27. The van der Waals surface area contributed by atoms with Crippen LogP contribution in [0.1, 0.15) is 63.0 Å². The molecular weight excluding hydrogens is 615 g/mol. The van der Waals surface area contributed by atoms with Crippen LogP contribution in [0.4, 0.5) is 4.79 Å². The number of hydrogen-bond acceptors (Lipinski definition) is 6. The summed E-state index contributed by atoms with van der Waals surface area (Å²) in [6.07, 6.45) is 4.90.